The summed E-state index contributed by atoms with van der Waals surface area (Å²) in [6.07, 6.45) is 0. The lowest BCUT2D eigenvalue weighted by atomic mass is 10.1. The number of rotatable bonds is 7. The van der Waals surface area contributed by atoms with Crippen LogP contribution in [0.25, 0.3) is 0 Å². The van der Waals surface area contributed by atoms with Crippen molar-refractivity contribution in [3.8, 4) is 0 Å². The minimum Gasteiger partial charge on any atom is -0.376 e. The van der Waals surface area contributed by atoms with Crippen molar-refractivity contribution in [3.63, 3.8) is 0 Å². The van der Waals surface area contributed by atoms with E-state index in [0.717, 1.165) is 11.3 Å². The van der Waals surface area contributed by atoms with Crippen molar-refractivity contribution in [1.82, 2.24) is 10.2 Å². The van der Waals surface area contributed by atoms with Crippen LogP contribution in [0.15, 0.2) is 54.6 Å². The second-order valence-electron chi connectivity index (χ2n) is 5.56. The van der Waals surface area contributed by atoms with Gasteiger partial charge in [0.25, 0.3) is 0 Å². The molecule has 0 radical (unpaired) electrons. The minimum atomic E-state index is -0.272. The van der Waals surface area contributed by atoms with E-state index in [1.165, 1.54) is 12.1 Å². The Bertz CT molecular complexity index is 631. The van der Waals surface area contributed by atoms with E-state index in [1.807, 2.05) is 55.4 Å². The summed E-state index contributed by atoms with van der Waals surface area (Å²) in [6, 6.07) is 15.9. The Morgan fingerprint density at radius 2 is 1.87 bits per heavy atom. The molecule has 0 heterocycles. The Morgan fingerprint density at radius 1 is 1.13 bits per heavy atom. The number of nitrogens with zero attached hydrogens (tertiary/aromatic N) is 1. The van der Waals surface area contributed by atoms with Gasteiger partial charge in [-0.15, -0.1) is 0 Å². The third kappa shape index (κ3) is 5.38. The normalized spacial score (nSPS) is 12.0. The number of benzene rings is 2. The highest BCUT2D eigenvalue weighted by Crippen LogP contribution is 2.18. The fourth-order valence-corrected chi connectivity index (χ4v) is 2.32. The van der Waals surface area contributed by atoms with Gasteiger partial charge < -0.3 is 15.5 Å². The smallest absolute Gasteiger partial charge is 0.239 e. The Balaban J connectivity index is 1.87. The van der Waals surface area contributed by atoms with Crippen LogP contribution in [0.2, 0.25) is 0 Å². The standard InChI is InChI=1S/C18H22FN3O/c1-22(2)17(14-7-6-8-15(19)11-14)12-21-18(23)13-20-16-9-4-3-5-10-16/h3-11,17,20H,12-13H2,1-2H3,(H,21,23). The minimum absolute atomic E-state index is 0.0774. The fraction of sp³-hybridized carbons (Fsp3) is 0.278. The maximum Gasteiger partial charge on any atom is 0.239 e. The average molecular weight is 315 g/mol. The SMILES string of the molecule is CN(C)C(CNC(=O)CNc1ccccc1)c1cccc(F)c1. The van der Waals surface area contributed by atoms with E-state index in [0.29, 0.717) is 6.54 Å². The molecule has 4 nitrogen and oxygen atoms in total. The van der Waals surface area contributed by atoms with E-state index in [-0.39, 0.29) is 24.3 Å². The molecule has 0 aliphatic rings. The van der Waals surface area contributed by atoms with Crippen LogP contribution in [0.5, 0.6) is 0 Å². The monoisotopic (exact) mass is 315 g/mol. The molecular formula is C18H22FN3O. The Labute approximate surface area is 136 Å². The van der Waals surface area contributed by atoms with Crippen LogP contribution in [0, 0.1) is 5.82 Å². The van der Waals surface area contributed by atoms with Crippen molar-refractivity contribution in [2.75, 3.05) is 32.5 Å². The second-order valence-corrected chi connectivity index (χ2v) is 5.56. The lowest BCUT2D eigenvalue weighted by molar-refractivity contribution is -0.119. The summed E-state index contributed by atoms with van der Waals surface area (Å²) in [7, 11) is 3.81. The van der Waals surface area contributed by atoms with Crippen LogP contribution >= 0.6 is 0 Å². The number of nitrogens with one attached hydrogen (secondary N) is 2. The molecule has 0 aromatic heterocycles. The van der Waals surface area contributed by atoms with Crippen LogP contribution in [0.3, 0.4) is 0 Å². The highest BCUT2D eigenvalue weighted by Gasteiger charge is 2.15. The van der Waals surface area contributed by atoms with Crippen LogP contribution in [-0.2, 0) is 4.79 Å². The highest BCUT2D eigenvalue weighted by molar-refractivity contribution is 5.80. The maximum atomic E-state index is 13.4. The molecule has 5 heteroatoms. The fourth-order valence-electron chi connectivity index (χ4n) is 2.32. The lowest BCUT2D eigenvalue weighted by Crippen LogP contribution is -2.37. The van der Waals surface area contributed by atoms with Gasteiger partial charge >= 0.3 is 0 Å². The molecule has 2 aromatic carbocycles. The number of amides is 1. The zero-order chi connectivity index (χ0) is 16.7. The molecule has 1 unspecified atom stereocenters. The first-order chi connectivity index (χ1) is 11.1. The number of carbonyl (C=O) groups is 1. The summed E-state index contributed by atoms with van der Waals surface area (Å²) in [5.74, 6) is -0.372. The van der Waals surface area contributed by atoms with Crippen LogP contribution < -0.4 is 10.6 Å². The van der Waals surface area contributed by atoms with E-state index in [1.54, 1.807) is 6.07 Å². The van der Waals surface area contributed by atoms with Crippen molar-refractivity contribution in [2.45, 2.75) is 6.04 Å². The number of halogens is 1. The summed E-state index contributed by atoms with van der Waals surface area (Å²) in [5.41, 5.74) is 1.74. The Morgan fingerprint density at radius 3 is 2.52 bits per heavy atom. The predicted molar refractivity (Wildman–Crippen MR) is 90.8 cm³/mol. The summed E-state index contributed by atoms with van der Waals surface area (Å²) in [5, 5.41) is 5.95. The Hall–Kier alpha value is -2.40. The predicted octanol–water partition coefficient (Wildman–Crippen LogP) is 2.66. The highest BCUT2D eigenvalue weighted by atomic mass is 19.1. The molecule has 2 aromatic rings. The van der Waals surface area contributed by atoms with Gasteiger partial charge in [0.15, 0.2) is 0 Å². The van der Waals surface area contributed by atoms with Gasteiger partial charge in [-0.1, -0.05) is 30.3 Å². The summed E-state index contributed by atoms with van der Waals surface area (Å²) in [4.78, 5) is 13.9. The van der Waals surface area contributed by atoms with Crippen LogP contribution in [0.1, 0.15) is 11.6 Å². The molecular weight excluding hydrogens is 293 g/mol. The number of carbonyl (C=O) groups excluding carboxylic acids is 1. The zero-order valence-corrected chi connectivity index (χ0v) is 13.4. The second kappa shape index (κ2) is 8.29. The van der Waals surface area contributed by atoms with Gasteiger partial charge in [-0.25, -0.2) is 4.39 Å². The third-order valence-corrected chi connectivity index (χ3v) is 3.58. The molecule has 0 fully saturated rings. The van der Waals surface area contributed by atoms with Gasteiger partial charge in [0, 0.05) is 12.2 Å². The number of likely N-dealkylation sites (N-methyl/N-ethyl adjacent to an activating group) is 1. The van der Waals surface area contributed by atoms with Gasteiger partial charge in [-0.2, -0.15) is 0 Å². The van der Waals surface area contributed by atoms with E-state index in [2.05, 4.69) is 10.6 Å². The zero-order valence-electron chi connectivity index (χ0n) is 13.4. The van der Waals surface area contributed by atoms with Crippen molar-refractivity contribution in [3.05, 3.63) is 66.0 Å². The first-order valence-electron chi connectivity index (χ1n) is 7.54. The van der Waals surface area contributed by atoms with Gasteiger partial charge in [0.05, 0.1) is 12.6 Å². The number of anilines is 1. The average Bonchev–Trinajstić information content (AvgIpc) is 2.54. The number of hydrogen-bond acceptors (Lipinski definition) is 3. The van der Waals surface area contributed by atoms with Crippen molar-refractivity contribution in [1.29, 1.82) is 0 Å². The quantitative estimate of drug-likeness (QED) is 0.825. The molecule has 1 amide bonds. The van der Waals surface area contributed by atoms with Crippen LogP contribution in [-0.4, -0.2) is 38.0 Å². The molecule has 23 heavy (non-hydrogen) atoms. The Kier molecular flexibility index (Phi) is 6.11. The van der Waals surface area contributed by atoms with Crippen LogP contribution in [0.4, 0.5) is 10.1 Å². The van der Waals surface area contributed by atoms with E-state index in [4.69, 9.17) is 0 Å². The van der Waals surface area contributed by atoms with Crippen molar-refractivity contribution in [2.24, 2.45) is 0 Å². The molecule has 2 rings (SSSR count). The summed E-state index contributed by atoms with van der Waals surface area (Å²) < 4.78 is 13.4. The van der Waals surface area contributed by atoms with Gasteiger partial charge in [-0.05, 0) is 43.9 Å². The topological polar surface area (TPSA) is 44.4 Å². The molecule has 0 aliphatic carbocycles. The largest absolute Gasteiger partial charge is 0.376 e. The lowest BCUT2D eigenvalue weighted by Gasteiger charge is -2.25. The molecule has 0 spiro atoms. The van der Waals surface area contributed by atoms with Crippen molar-refractivity contribution >= 4 is 11.6 Å². The molecule has 1 atom stereocenters. The molecule has 0 saturated carbocycles. The molecule has 0 bridgehead atoms. The van der Waals surface area contributed by atoms with E-state index in [9.17, 15) is 9.18 Å². The first-order valence-corrected chi connectivity index (χ1v) is 7.54. The molecule has 122 valence electrons. The maximum absolute atomic E-state index is 13.4. The van der Waals surface area contributed by atoms with Gasteiger partial charge in [0.2, 0.25) is 5.91 Å². The summed E-state index contributed by atoms with van der Waals surface area (Å²) >= 11 is 0. The van der Waals surface area contributed by atoms with Gasteiger partial charge in [0.1, 0.15) is 5.82 Å². The molecule has 0 aliphatic heterocycles. The number of hydrogen-bond donors (Lipinski definition) is 2. The first kappa shape index (κ1) is 17.0. The van der Waals surface area contributed by atoms with Gasteiger partial charge in [-0.3, -0.25) is 4.79 Å². The van der Waals surface area contributed by atoms with E-state index >= 15 is 0 Å². The molecule has 0 saturated heterocycles. The van der Waals surface area contributed by atoms with E-state index < -0.39 is 0 Å². The number of para-hydroxylation sites is 1. The third-order valence-electron chi connectivity index (χ3n) is 3.58. The van der Waals surface area contributed by atoms with Crippen molar-refractivity contribution < 1.29 is 9.18 Å². The summed E-state index contributed by atoms with van der Waals surface area (Å²) in [6.45, 7) is 0.624. The molecule has 2 N–H and O–H groups in total.